The number of hydrogen-bond acceptors (Lipinski definition) is 4. The molecule has 0 bridgehead atoms. The summed E-state index contributed by atoms with van der Waals surface area (Å²) in [5.74, 6) is 0.215. The lowest BCUT2D eigenvalue weighted by Crippen LogP contribution is -2.45. The number of ether oxygens (including phenoxy) is 1. The molecule has 0 aromatic carbocycles. The molecule has 5 atom stereocenters. The van der Waals surface area contributed by atoms with E-state index in [1.165, 1.54) is 0 Å². The maximum absolute atomic E-state index is 11.8. The minimum absolute atomic E-state index is 0.0352. The second-order valence-electron chi connectivity index (χ2n) is 10.3. The van der Waals surface area contributed by atoms with Crippen LogP contribution in [0.25, 0.3) is 0 Å². The van der Waals surface area contributed by atoms with Crippen LogP contribution < -0.4 is 0 Å². The van der Waals surface area contributed by atoms with E-state index in [1.807, 2.05) is 13.0 Å². The van der Waals surface area contributed by atoms with Gasteiger partial charge in [0.15, 0.2) is 8.32 Å². The predicted octanol–water partition coefficient (Wildman–Crippen LogP) is 5.22. The summed E-state index contributed by atoms with van der Waals surface area (Å²) in [6.45, 7) is 15.3. The van der Waals surface area contributed by atoms with Crippen LogP contribution in [0.4, 0.5) is 0 Å². The molecule has 1 N–H and O–H groups in total. The van der Waals surface area contributed by atoms with Crippen molar-refractivity contribution in [2.45, 2.75) is 109 Å². The first kappa shape index (κ1) is 22.6. The van der Waals surface area contributed by atoms with E-state index in [4.69, 9.17) is 9.16 Å². The summed E-state index contributed by atoms with van der Waals surface area (Å²) in [5, 5.41) is 10.9. The van der Waals surface area contributed by atoms with Gasteiger partial charge in [-0.25, -0.2) is 0 Å². The average Bonchev–Trinajstić information content (AvgIpc) is 2.99. The summed E-state index contributed by atoms with van der Waals surface area (Å²) >= 11 is 0. The van der Waals surface area contributed by atoms with E-state index >= 15 is 0 Å². The number of aliphatic hydroxyl groups is 1. The third kappa shape index (κ3) is 5.67. The topological polar surface area (TPSA) is 55.8 Å². The highest BCUT2D eigenvalue weighted by molar-refractivity contribution is 6.74. The standard InChI is InChI=1S/C22H40O4Si/c1-8-9-10-12-22(5,24)13-11-16-17-14-20(23)25-18(17)15-19(16)26-27(6,7)21(2,3)4/h11,13,16-19,24H,8-10,12,14-15H2,1-7H3/b13-11+/t16-,17-,18+,19-,22-/m1/s1. The summed E-state index contributed by atoms with van der Waals surface area (Å²) in [4.78, 5) is 11.8. The Hall–Kier alpha value is -0.653. The van der Waals surface area contributed by atoms with Crippen LogP contribution in [0.15, 0.2) is 12.2 Å². The van der Waals surface area contributed by atoms with Gasteiger partial charge in [0.05, 0.1) is 18.1 Å². The smallest absolute Gasteiger partial charge is 0.306 e. The average molecular weight is 397 g/mol. The van der Waals surface area contributed by atoms with Gasteiger partial charge < -0.3 is 14.3 Å². The molecule has 1 saturated carbocycles. The Morgan fingerprint density at radius 1 is 1.26 bits per heavy atom. The molecule has 0 spiro atoms. The molecule has 27 heavy (non-hydrogen) atoms. The van der Waals surface area contributed by atoms with Gasteiger partial charge in [-0.2, -0.15) is 0 Å². The molecule has 156 valence electrons. The second-order valence-corrected chi connectivity index (χ2v) is 15.1. The van der Waals surface area contributed by atoms with Crippen molar-refractivity contribution in [1.29, 1.82) is 0 Å². The quantitative estimate of drug-likeness (QED) is 0.265. The van der Waals surface area contributed by atoms with E-state index in [2.05, 4.69) is 46.9 Å². The van der Waals surface area contributed by atoms with E-state index in [1.54, 1.807) is 0 Å². The Bertz CT molecular complexity index is 547. The molecule has 0 unspecified atom stereocenters. The van der Waals surface area contributed by atoms with E-state index < -0.39 is 13.9 Å². The Morgan fingerprint density at radius 2 is 1.93 bits per heavy atom. The molecule has 1 aliphatic carbocycles. The maximum Gasteiger partial charge on any atom is 0.306 e. The highest BCUT2D eigenvalue weighted by Crippen LogP contribution is 2.47. The van der Waals surface area contributed by atoms with Gasteiger partial charge in [-0.1, -0.05) is 59.1 Å². The zero-order chi connectivity index (χ0) is 20.5. The third-order valence-corrected chi connectivity index (χ3v) is 11.3. The molecule has 0 radical (unpaired) electrons. The van der Waals surface area contributed by atoms with Crippen molar-refractivity contribution in [1.82, 2.24) is 0 Å². The molecular formula is C22H40O4Si. The number of carbonyl (C=O) groups is 1. The number of unbranched alkanes of at least 4 members (excludes halogenated alkanes) is 2. The van der Waals surface area contributed by atoms with Gasteiger partial charge in [-0.05, 0) is 31.5 Å². The minimum atomic E-state index is -1.91. The Labute approximate surface area is 166 Å². The molecule has 0 amide bonds. The predicted molar refractivity (Wildman–Crippen MR) is 112 cm³/mol. The summed E-state index contributed by atoms with van der Waals surface area (Å²) in [5.41, 5.74) is -0.807. The van der Waals surface area contributed by atoms with E-state index in [0.717, 1.165) is 32.1 Å². The van der Waals surface area contributed by atoms with Crippen molar-refractivity contribution in [2.24, 2.45) is 11.8 Å². The molecule has 4 nitrogen and oxygen atoms in total. The molecule has 0 aromatic rings. The number of fused-ring (bicyclic) bond motifs is 1. The van der Waals surface area contributed by atoms with Crippen molar-refractivity contribution in [3.63, 3.8) is 0 Å². The van der Waals surface area contributed by atoms with Crippen LogP contribution in [0.1, 0.15) is 73.1 Å². The van der Waals surface area contributed by atoms with Crippen LogP contribution in [-0.2, 0) is 14.0 Å². The van der Waals surface area contributed by atoms with Crippen LogP contribution >= 0.6 is 0 Å². The van der Waals surface area contributed by atoms with E-state index in [-0.39, 0.29) is 35.1 Å². The first-order valence-electron chi connectivity index (χ1n) is 10.7. The Balaban J connectivity index is 2.14. The number of esters is 1. The van der Waals surface area contributed by atoms with Gasteiger partial charge in [-0.3, -0.25) is 4.79 Å². The summed E-state index contributed by atoms with van der Waals surface area (Å²) in [7, 11) is -1.91. The van der Waals surface area contributed by atoms with Gasteiger partial charge in [0.1, 0.15) is 6.10 Å². The van der Waals surface area contributed by atoms with Crippen LogP contribution in [0.2, 0.25) is 18.1 Å². The lowest BCUT2D eigenvalue weighted by atomic mass is 9.89. The molecule has 5 heteroatoms. The van der Waals surface area contributed by atoms with Crippen molar-refractivity contribution >= 4 is 14.3 Å². The Morgan fingerprint density at radius 3 is 2.52 bits per heavy atom. The first-order chi connectivity index (χ1) is 12.4. The molecule has 2 aliphatic rings. The largest absolute Gasteiger partial charge is 0.462 e. The Kier molecular flexibility index (Phi) is 7.02. The molecule has 1 saturated heterocycles. The zero-order valence-electron chi connectivity index (χ0n) is 18.4. The SMILES string of the molecule is CCCCC[C@@](C)(O)/C=C/[C@@H]1[C@H]2CC(=O)O[C@H]2C[C@H]1O[Si](C)(C)C(C)(C)C. The van der Waals surface area contributed by atoms with Crippen LogP contribution in [-0.4, -0.2) is 37.2 Å². The van der Waals surface area contributed by atoms with Crippen molar-refractivity contribution in [2.75, 3.05) is 0 Å². The molecule has 1 aliphatic heterocycles. The summed E-state index contributed by atoms with van der Waals surface area (Å²) in [6.07, 6.45) is 9.41. The van der Waals surface area contributed by atoms with Crippen molar-refractivity contribution in [3.8, 4) is 0 Å². The van der Waals surface area contributed by atoms with Crippen molar-refractivity contribution < 1.29 is 19.1 Å². The maximum atomic E-state index is 11.8. The fourth-order valence-electron chi connectivity index (χ4n) is 3.98. The number of rotatable bonds is 8. The molecule has 2 fully saturated rings. The van der Waals surface area contributed by atoms with Crippen LogP contribution in [0, 0.1) is 11.8 Å². The monoisotopic (exact) mass is 396 g/mol. The summed E-state index contributed by atoms with van der Waals surface area (Å²) in [6, 6.07) is 0. The lowest BCUT2D eigenvalue weighted by molar-refractivity contribution is -0.141. The van der Waals surface area contributed by atoms with Crippen molar-refractivity contribution in [3.05, 3.63) is 12.2 Å². The molecular weight excluding hydrogens is 356 g/mol. The van der Waals surface area contributed by atoms with Gasteiger partial charge in [0.2, 0.25) is 0 Å². The van der Waals surface area contributed by atoms with Gasteiger partial charge in [0.25, 0.3) is 0 Å². The van der Waals surface area contributed by atoms with Gasteiger partial charge in [0, 0.05) is 18.3 Å². The minimum Gasteiger partial charge on any atom is -0.462 e. The lowest BCUT2D eigenvalue weighted by Gasteiger charge is -2.40. The summed E-state index contributed by atoms with van der Waals surface area (Å²) < 4.78 is 12.3. The first-order valence-corrected chi connectivity index (χ1v) is 13.6. The van der Waals surface area contributed by atoms with E-state index in [9.17, 15) is 9.90 Å². The van der Waals surface area contributed by atoms with Crippen LogP contribution in [0.5, 0.6) is 0 Å². The van der Waals surface area contributed by atoms with Crippen LogP contribution in [0.3, 0.4) is 0 Å². The highest BCUT2D eigenvalue weighted by atomic mass is 28.4. The second kappa shape index (κ2) is 8.38. The highest BCUT2D eigenvalue weighted by Gasteiger charge is 2.52. The molecule has 0 aromatic heterocycles. The number of carbonyl (C=O) groups excluding carboxylic acids is 1. The van der Waals surface area contributed by atoms with Gasteiger partial charge in [-0.15, -0.1) is 0 Å². The molecule has 2 rings (SSSR count). The third-order valence-electron chi connectivity index (χ3n) is 6.77. The number of hydrogen-bond donors (Lipinski definition) is 1. The fourth-order valence-corrected chi connectivity index (χ4v) is 5.34. The normalized spacial score (nSPS) is 31.2. The zero-order valence-corrected chi connectivity index (χ0v) is 19.4. The van der Waals surface area contributed by atoms with E-state index in [0.29, 0.717) is 6.42 Å². The molecule has 1 heterocycles. The fraction of sp³-hybridized carbons (Fsp3) is 0.864. The van der Waals surface area contributed by atoms with Gasteiger partial charge >= 0.3 is 5.97 Å².